The topological polar surface area (TPSA) is 55.9 Å². The molecule has 1 heterocycles. The van der Waals surface area contributed by atoms with Gasteiger partial charge in [-0.1, -0.05) is 26.1 Å². The zero-order valence-corrected chi connectivity index (χ0v) is 12.1. The Morgan fingerprint density at radius 3 is 2.41 bits per heavy atom. The molecule has 0 saturated heterocycles. The number of hydrogen-bond donors (Lipinski definition) is 2. The molecule has 4 nitrogen and oxygen atoms in total. The van der Waals surface area contributed by atoms with Gasteiger partial charge in [0.1, 0.15) is 10.8 Å². The predicted molar refractivity (Wildman–Crippen MR) is 76.4 cm³/mol. The van der Waals surface area contributed by atoms with Crippen LogP contribution in [-0.2, 0) is 7.05 Å². The summed E-state index contributed by atoms with van der Waals surface area (Å²) in [6, 6.07) is 0. The molecule has 0 saturated carbocycles. The van der Waals surface area contributed by atoms with E-state index in [2.05, 4.69) is 31.2 Å². The lowest BCUT2D eigenvalue weighted by Gasteiger charge is -2.30. The van der Waals surface area contributed by atoms with Crippen molar-refractivity contribution in [3.63, 3.8) is 0 Å². The number of thiocarbonyl (C=S) groups is 1. The fourth-order valence-corrected chi connectivity index (χ4v) is 2.05. The molecule has 96 valence electrons. The summed E-state index contributed by atoms with van der Waals surface area (Å²) in [5.41, 5.74) is 7.54. The van der Waals surface area contributed by atoms with Crippen molar-refractivity contribution >= 4 is 23.0 Å². The van der Waals surface area contributed by atoms with E-state index in [-0.39, 0.29) is 5.54 Å². The van der Waals surface area contributed by atoms with E-state index in [9.17, 15) is 0 Å². The highest BCUT2D eigenvalue weighted by atomic mass is 32.1. The summed E-state index contributed by atoms with van der Waals surface area (Å²) in [6.45, 7) is 8.45. The molecule has 1 rings (SSSR count). The van der Waals surface area contributed by atoms with Gasteiger partial charge in [-0.25, -0.2) is 0 Å². The zero-order valence-electron chi connectivity index (χ0n) is 11.3. The van der Waals surface area contributed by atoms with Crippen LogP contribution >= 0.6 is 12.2 Å². The maximum absolute atomic E-state index is 5.77. The van der Waals surface area contributed by atoms with E-state index in [4.69, 9.17) is 18.0 Å². The molecule has 5 heteroatoms. The van der Waals surface area contributed by atoms with Crippen LogP contribution in [0.4, 0.5) is 5.82 Å². The summed E-state index contributed by atoms with van der Waals surface area (Å²) in [5, 5.41) is 7.90. The molecule has 1 aromatic rings. The molecule has 0 aliphatic carbocycles. The van der Waals surface area contributed by atoms with Crippen molar-refractivity contribution in [2.24, 2.45) is 12.8 Å². The molecule has 0 aliphatic rings. The van der Waals surface area contributed by atoms with Crippen LogP contribution in [0.25, 0.3) is 0 Å². The number of hydrogen-bond acceptors (Lipinski definition) is 3. The Morgan fingerprint density at radius 2 is 2.00 bits per heavy atom. The second-order valence-corrected chi connectivity index (χ2v) is 5.13. The summed E-state index contributed by atoms with van der Waals surface area (Å²) in [5.74, 6) is 0.918. The quantitative estimate of drug-likeness (QED) is 0.792. The van der Waals surface area contributed by atoms with E-state index < -0.39 is 0 Å². The number of nitrogens with two attached hydrogens (primary N) is 1. The Hall–Kier alpha value is -1.10. The first-order valence-corrected chi connectivity index (χ1v) is 6.37. The van der Waals surface area contributed by atoms with E-state index in [1.165, 1.54) is 0 Å². The van der Waals surface area contributed by atoms with Crippen LogP contribution in [0, 0.1) is 6.92 Å². The minimum atomic E-state index is 0.0414. The summed E-state index contributed by atoms with van der Waals surface area (Å²) in [7, 11) is 1.91. The van der Waals surface area contributed by atoms with Gasteiger partial charge in [0.15, 0.2) is 0 Å². The smallest absolute Gasteiger partial charge is 0.134 e. The maximum atomic E-state index is 5.77. The van der Waals surface area contributed by atoms with E-state index in [0.29, 0.717) is 4.99 Å². The van der Waals surface area contributed by atoms with Crippen LogP contribution < -0.4 is 11.1 Å². The van der Waals surface area contributed by atoms with Crippen molar-refractivity contribution in [2.45, 2.75) is 46.1 Å². The molecule has 0 unspecified atom stereocenters. The van der Waals surface area contributed by atoms with Gasteiger partial charge in [-0.05, 0) is 26.7 Å². The average Bonchev–Trinajstić information content (AvgIpc) is 2.53. The molecule has 0 spiro atoms. The molecular weight excluding hydrogens is 232 g/mol. The molecule has 0 atom stereocenters. The second-order valence-electron chi connectivity index (χ2n) is 4.69. The molecule has 0 bridgehead atoms. The average molecular weight is 254 g/mol. The van der Waals surface area contributed by atoms with Crippen LogP contribution in [0.3, 0.4) is 0 Å². The third-order valence-corrected chi connectivity index (χ3v) is 3.65. The van der Waals surface area contributed by atoms with Crippen LogP contribution in [0.2, 0.25) is 0 Å². The summed E-state index contributed by atoms with van der Waals surface area (Å²) >= 11 is 5.10. The summed E-state index contributed by atoms with van der Waals surface area (Å²) in [4.78, 5) is 0.396. The van der Waals surface area contributed by atoms with Gasteiger partial charge < -0.3 is 11.1 Å². The molecule has 0 aromatic carbocycles. The van der Waals surface area contributed by atoms with Gasteiger partial charge in [-0.3, -0.25) is 4.68 Å². The fraction of sp³-hybridized carbons (Fsp3) is 0.667. The third-order valence-electron chi connectivity index (χ3n) is 3.45. The van der Waals surface area contributed by atoms with Crippen molar-refractivity contribution in [1.29, 1.82) is 0 Å². The van der Waals surface area contributed by atoms with Gasteiger partial charge in [0.2, 0.25) is 0 Å². The SMILES string of the molecule is CCC(C)(CC)Nc1c(C(N)=S)c(C)nn1C. The fourth-order valence-electron chi connectivity index (χ4n) is 1.81. The Bertz CT molecular complexity index is 418. The number of aryl methyl sites for hydroxylation is 2. The Balaban J connectivity index is 3.18. The standard InChI is InChI=1S/C12H22N4S/c1-6-12(4,7-2)14-11-9(10(13)17)8(3)15-16(11)5/h14H,6-7H2,1-5H3,(H2,13,17). The second kappa shape index (κ2) is 5.04. The van der Waals surface area contributed by atoms with Crippen LogP contribution in [0.5, 0.6) is 0 Å². The lowest BCUT2D eigenvalue weighted by Crippen LogP contribution is -2.34. The first-order valence-electron chi connectivity index (χ1n) is 5.96. The first-order chi connectivity index (χ1) is 7.84. The molecule has 0 fully saturated rings. The van der Waals surface area contributed by atoms with Gasteiger partial charge in [-0.2, -0.15) is 5.10 Å². The lowest BCUT2D eigenvalue weighted by atomic mass is 9.95. The molecule has 0 aliphatic heterocycles. The molecule has 3 N–H and O–H groups in total. The molecule has 1 aromatic heterocycles. The van der Waals surface area contributed by atoms with Crippen molar-refractivity contribution in [3.8, 4) is 0 Å². The van der Waals surface area contributed by atoms with Gasteiger partial charge >= 0.3 is 0 Å². The van der Waals surface area contributed by atoms with E-state index in [1.807, 2.05) is 18.7 Å². The zero-order chi connectivity index (χ0) is 13.2. The molecular formula is C12H22N4S. The maximum Gasteiger partial charge on any atom is 0.134 e. The summed E-state index contributed by atoms with van der Waals surface area (Å²) in [6.07, 6.45) is 2.06. The summed E-state index contributed by atoms with van der Waals surface area (Å²) < 4.78 is 1.81. The highest BCUT2D eigenvalue weighted by Crippen LogP contribution is 2.26. The van der Waals surface area contributed by atoms with Gasteiger partial charge in [0.05, 0.1) is 11.3 Å². The Morgan fingerprint density at radius 1 is 1.47 bits per heavy atom. The lowest BCUT2D eigenvalue weighted by molar-refractivity contribution is 0.473. The van der Waals surface area contributed by atoms with Gasteiger partial charge in [0.25, 0.3) is 0 Å². The number of nitrogens with one attached hydrogen (secondary N) is 1. The van der Waals surface area contributed by atoms with Crippen LogP contribution in [0.1, 0.15) is 44.9 Å². The van der Waals surface area contributed by atoms with Gasteiger partial charge in [0, 0.05) is 12.6 Å². The van der Waals surface area contributed by atoms with Crippen molar-refractivity contribution in [1.82, 2.24) is 9.78 Å². The highest BCUT2D eigenvalue weighted by molar-refractivity contribution is 7.80. The monoisotopic (exact) mass is 254 g/mol. The minimum absolute atomic E-state index is 0.0414. The predicted octanol–water partition coefficient (Wildman–Crippen LogP) is 2.35. The Labute approximate surface area is 109 Å². The molecule has 0 radical (unpaired) electrons. The van der Waals surface area contributed by atoms with Crippen molar-refractivity contribution < 1.29 is 0 Å². The Kier molecular flexibility index (Phi) is 4.14. The van der Waals surface area contributed by atoms with Crippen LogP contribution in [-0.4, -0.2) is 20.3 Å². The number of nitrogens with zero attached hydrogens (tertiary/aromatic N) is 2. The molecule has 0 amide bonds. The number of aromatic nitrogens is 2. The first kappa shape index (κ1) is 14.0. The third kappa shape index (κ3) is 2.77. The minimum Gasteiger partial charge on any atom is -0.389 e. The van der Waals surface area contributed by atoms with E-state index in [0.717, 1.165) is 29.9 Å². The van der Waals surface area contributed by atoms with Gasteiger partial charge in [-0.15, -0.1) is 0 Å². The highest BCUT2D eigenvalue weighted by Gasteiger charge is 2.24. The number of anilines is 1. The van der Waals surface area contributed by atoms with Crippen molar-refractivity contribution in [2.75, 3.05) is 5.32 Å². The number of rotatable bonds is 5. The largest absolute Gasteiger partial charge is 0.389 e. The van der Waals surface area contributed by atoms with Crippen molar-refractivity contribution in [3.05, 3.63) is 11.3 Å². The molecule has 17 heavy (non-hydrogen) atoms. The normalized spacial score (nSPS) is 11.6. The van der Waals surface area contributed by atoms with E-state index >= 15 is 0 Å². The van der Waals surface area contributed by atoms with E-state index in [1.54, 1.807) is 0 Å². The van der Waals surface area contributed by atoms with Crippen LogP contribution in [0.15, 0.2) is 0 Å².